The van der Waals surface area contributed by atoms with Crippen LogP contribution in [0.3, 0.4) is 0 Å². The highest BCUT2D eigenvalue weighted by molar-refractivity contribution is 5.93. The van der Waals surface area contributed by atoms with Gasteiger partial charge >= 0.3 is 0 Å². The summed E-state index contributed by atoms with van der Waals surface area (Å²) >= 11 is 0. The molecule has 0 bridgehead atoms. The number of para-hydroxylation sites is 1. The number of carbonyl (C=O) groups is 2. The Balaban J connectivity index is 1.27. The number of hydrogen-bond acceptors (Lipinski definition) is 3. The summed E-state index contributed by atoms with van der Waals surface area (Å²) in [6.45, 7) is 1.40. The summed E-state index contributed by atoms with van der Waals surface area (Å²) in [6, 6.07) is 17.7. The number of nitrogens with zero attached hydrogens (tertiary/aromatic N) is 1. The molecule has 27 heavy (non-hydrogen) atoms. The van der Waals surface area contributed by atoms with Crippen molar-refractivity contribution in [3.63, 3.8) is 0 Å². The number of amides is 2. The molecule has 1 aliphatic heterocycles. The molecule has 2 fully saturated rings. The molecular formula is C22H25N3O2. The van der Waals surface area contributed by atoms with Crippen molar-refractivity contribution in [2.75, 3.05) is 23.7 Å². The van der Waals surface area contributed by atoms with E-state index in [2.05, 4.69) is 10.6 Å². The van der Waals surface area contributed by atoms with Crippen LogP contribution in [-0.4, -0.2) is 29.8 Å². The largest absolute Gasteiger partial charge is 0.356 e. The molecule has 2 aromatic carbocycles. The molecule has 0 radical (unpaired) electrons. The minimum Gasteiger partial charge on any atom is -0.356 e. The topological polar surface area (TPSA) is 61.4 Å². The molecule has 5 nitrogen and oxygen atoms in total. The van der Waals surface area contributed by atoms with Gasteiger partial charge in [-0.2, -0.15) is 0 Å². The second-order valence-corrected chi connectivity index (χ2v) is 7.43. The van der Waals surface area contributed by atoms with E-state index in [1.165, 1.54) is 0 Å². The van der Waals surface area contributed by atoms with E-state index in [4.69, 9.17) is 0 Å². The van der Waals surface area contributed by atoms with Crippen LogP contribution in [0, 0.1) is 11.8 Å². The van der Waals surface area contributed by atoms with Gasteiger partial charge in [-0.15, -0.1) is 0 Å². The van der Waals surface area contributed by atoms with E-state index in [9.17, 15) is 9.59 Å². The average molecular weight is 363 g/mol. The van der Waals surface area contributed by atoms with Gasteiger partial charge in [0.05, 0.1) is 0 Å². The summed E-state index contributed by atoms with van der Waals surface area (Å²) < 4.78 is 0. The van der Waals surface area contributed by atoms with Crippen molar-refractivity contribution < 1.29 is 9.59 Å². The monoisotopic (exact) mass is 363 g/mol. The molecule has 2 N–H and O–H groups in total. The number of anilines is 3. The Bertz CT molecular complexity index is 792. The third-order valence-corrected chi connectivity index (χ3v) is 5.32. The lowest BCUT2D eigenvalue weighted by molar-refractivity contribution is -0.135. The molecule has 1 heterocycles. The number of piperidine rings is 1. The fourth-order valence-corrected chi connectivity index (χ4v) is 3.52. The fraction of sp³-hybridized carbons (Fsp3) is 0.364. The van der Waals surface area contributed by atoms with E-state index in [-0.39, 0.29) is 23.7 Å². The van der Waals surface area contributed by atoms with E-state index >= 15 is 0 Å². The molecule has 2 aromatic rings. The molecule has 0 spiro atoms. The van der Waals surface area contributed by atoms with Crippen LogP contribution >= 0.6 is 0 Å². The standard InChI is InChI=1S/C22H25N3O2/c26-21(16-12-14-25(15-13-16)22(27)17-6-7-17)24-20-10-8-19(9-11-20)23-18-4-2-1-3-5-18/h1-5,8-11,16-17,23H,6-7,12-15H2,(H,24,26). The lowest BCUT2D eigenvalue weighted by atomic mass is 9.95. The third-order valence-electron chi connectivity index (χ3n) is 5.32. The maximum atomic E-state index is 12.5. The molecule has 140 valence electrons. The van der Waals surface area contributed by atoms with Crippen LogP contribution in [0.5, 0.6) is 0 Å². The highest BCUT2D eigenvalue weighted by Crippen LogP contribution is 2.32. The number of nitrogens with one attached hydrogen (secondary N) is 2. The van der Waals surface area contributed by atoms with Gasteiger partial charge in [0.1, 0.15) is 0 Å². The van der Waals surface area contributed by atoms with Gasteiger partial charge in [0, 0.05) is 42.0 Å². The minimum atomic E-state index is -0.0182. The van der Waals surface area contributed by atoms with Crippen molar-refractivity contribution in [1.29, 1.82) is 0 Å². The second-order valence-electron chi connectivity index (χ2n) is 7.43. The van der Waals surface area contributed by atoms with Gasteiger partial charge in [0.25, 0.3) is 0 Å². The van der Waals surface area contributed by atoms with Crippen LogP contribution in [0.25, 0.3) is 0 Å². The van der Waals surface area contributed by atoms with Crippen molar-refractivity contribution >= 4 is 28.9 Å². The SMILES string of the molecule is O=C(Nc1ccc(Nc2ccccc2)cc1)C1CCN(C(=O)C2CC2)CC1. The number of likely N-dealkylation sites (tertiary alicyclic amines) is 1. The molecule has 0 atom stereocenters. The predicted octanol–water partition coefficient (Wildman–Crippen LogP) is 4.02. The van der Waals surface area contributed by atoms with Crippen LogP contribution in [-0.2, 0) is 9.59 Å². The molecule has 1 saturated heterocycles. The lowest BCUT2D eigenvalue weighted by Crippen LogP contribution is -2.42. The van der Waals surface area contributed by atoms with Crippen molar-refractivity contribution in [3.05, 3.63) is 54.6 Å². The third kappa shape index (κ3) is 4.48. The van der Waals surface area contributed by atoms with Crippen LogP contribution in [0.15, 0.2) is 54.6 Å². The number of benzene rings is 2. The molecule has 0 aromatic heterocycles. The summed E-state index contributed by atoms with van der Waals surface area (Å²) in [5.41, 5.74) is 2.81. The molecule has 1 saturated carbocycles. The number of carbonyl (C=O) groups excluding carboxylic acids is 2. The van der Waals surface area contributed by atoms with Crippen LogP contribution in [0.4, 0.5) is 17.1 Å². The molecule has 2 aliphatic rings. The van der Waals surface area contributed by atoms with Crippen LogP contribution in [0.2, 0.25) is 0 Å². The Labute approximate surface area is 159 Å². The molecule has 0 unspecified atom stereocenters. The molecule has 4 rings (SSSR count). The highest BCUT2D eigenvalue weighted by Gasteiger charge is 2.35. The zero-order valence-corrected chi connectivity index (χ0v) is 15.4. The van der Waals surface area contributed by atoms with Gasteiger partial charge in [0.2, 0.25) is 11.8 Å². The highest BCUT2D eigenvalue weighted by atomic mass is 16.2. The number of rotatable bonds is 5. The van der Waals surface area contributed by atoms with E-state index in [1.54, 1.807) is 0 Å². The molecular weight excluding hydrogens is 338 g/mol. The van der Waals surface area contributed by atoms with Crippen LogP contribution < -0.4 is 10.6 Å². The lowest BCUT2D eigenvalue weighted by Gasteiger charge is -2.31. The Morgan fingerprint density at radius 2 is 1.33 bits per heavy atom. The van der Waals surface area contributed by atoms with E-state index in [1.807, 2.05) is 59.5 Å². The first-order valence-electron chi connectivity index (χ1n) is 9.71. The minimum absolute atomic E-state index is 0.0182. The maximum absolute atomic E-state index is 12.5. The summed E-state index contributed by atoms with van der Waals surface area (Å²) in [5, 5.41) is 6.34. The maximum Gasteiger partial charge on any atom is 0.227 e. The van der Waals surface area contributed by atoms with Crippen molar-refractivity contribution in [3.8, 4) is 0 Å². The predicted molar refractivity (Wildman–Crippen MR) is 107 cm³/mol. The average Bonchev–Trinajstić information content (AvgIpc) is 3.55. The van der Waals surface area contributed by atoms with Crippen molar-refractivity contribution in [2.24, 2.45) is 11.8 Å². The van der Waals surface area contributed by atoms with Crippen LogP contribution in [0.1, 0.15) is 25.7 Å². The normalized spacial score (nSPS) is 17.4. The van der Waals surface area contributed by atoms with Gasteiger partial charge in [-0.05, 0) is 62.1 Å². The second kappa shape index (κ2) is 7.82. The summed E-state index contributed by atoms with van der Waals surface area (Å²) in [7, 11) is 0. The van der Waals surface area contributed by atoms with E-state index in [0.717, 1.165) is 42.7 Å². The Hall–Kier alpha value is -2.82. The summed E-state index contributed by atoms with van der Waals surface area (Å²) in [6.07, 6.45) is 3.57. The zero-order valence-electron chi connectivity index (χ0n) is 15.4. The first-order chi connectivity index (χ1) is 13.2. The van der Waals surface area contributed by atoms with Gasteiger partial charge in [-0.1, -0.05) is 18.2 Å². The first kappa shape index (κ1) is 17.6. The molecule has 1 aliphatic carbocycles. The van der Waals surface area contributed by atoms with Gasteiger partial charge in [-0.25, -0.2) is 0 Å². The Morgan fingerprint density at radius 1 is 0.741 bits per heavy atom. The summed E-state index contributed by atoms with van der Waals surface area (Å²) in [4.78, 5) is 26.6. The first-order valence-corrected chi connectivity index (χ1v) is 9.71. The molecule has 5 heteroatoms. The molecule has 2 amide bonds. The van der Waals surface area contributed by atoms with Gasteiger partial charge in [-0.3, -0.25) is 9.59 Å². The summed E-state index contributed by atoms with van der Waals surface area (Å²) in [5.74, 6) is 0.585. The van der Waals surface area contributed by atoms with E-state index in [0.29, 0.717) is 13.1 Å². The van der Waals surface area contributed by atoms with Gasteiger partial charge in [0.15, 0.2) is 0 Å². The smallest absolute Gasteiger partial charge is 0.227 e. The number of hydrogen-bond donors (Lipinski definition) is 2. The zero-order chi connectivity index (χ0) is 18.6. The van der Waals surface area contributed by atoms with Crippen molar-refractivity contribution in [1.82, 2.24) is 4.90 Å². The Kier molecular flexibility index (Phi) is 5.10. The fourth-order valence-electron chi connectivity index (χ4n) is 3.52. The quantitative estimate of drug-likeness (QED) is 0.843. The van der Waals surface area contributed by atoms with Crippen molar-refractivity contribution in [2.45, 2.75) is 25.7 Å². The Morgan fingerprint density at radius 3 is 1.96 bits per heavy atom. The van der Waals surface area contributed by atoms with Gasteiger partial charge < -0.3 is 15.5 Å². The van der Waals surface area contributed by atoms with E-state index < -0.39 is 0 Å².